The van der Waals surface area contributed by atoms with Crippen LogP contribution in [0.3, 0.4) is 0 Å². The van der Waals surface area contributed by atoms with Gasteiger partial charge in [-0.25, -0.2) is 0 Å². The van der Waals surface area contributed by atoms with Crippen LogP contribution in [0.5, 0.6) is 0 Å². The van der Waals surface area contributed by atoms with Gasteiger partial charge < -0.3 is 10.2 Å². The van der Waals surface area contributed by atoms with Crippen molar-refractivity contribution in [2.75, 3.05) is 10.2 Å². The van der Waals surface area contributed by atoms with Gasteiger partial charge in [-0.05, 0) is 139 Å². The highest BCUT2D eigenvalue weighted by Crippen LogP contribution is 2.58. The van der Waals surface area contributed by atoms with Crippen LogP contribution >= 0.6 is 0 Å². The van der Waals surface area contributed by atoms with Gasteiger partial charge in [0, 0.05) is 33.7 Å². The number of nitrogens with one attached hydrogen (secondary N) is 1. The molecule has 312 valence electrons. The first-order chi connectivity index (χ1) is 30.9. The van der Waals surface area contributed by atoms with Gasteiger partial charge in [-0.2, -0.15) is 0 Å². The number of rotatable bonds is 5. The summed E-state index contributed by atoms with van der Waals surface area (Å²) in [6.45, 7) is 16.8. The Balaban J connectivity index is 1.10. The van der Waals surface area contributed by atoms with Crippen LogP contribution in [-0.4, -0.2) is 7.28 Å². The molecule has 2 heterocycles. The zero-order chi connectivity index (χ0) is 43.8. The smallest absolute Gasteiger partial charge is 0.198 e. The van der Waals surface area contributed by atoms with Crippen molar-refractivity contribution in [2.24, 2.45) is 0 Å². The maximum atomic E-state index is 4.12. The largest absolute Gasteiger partial charge is 0.355 e. The van der Waals surface area contributed by atoms with Crippen molar-refractivity contribution in [1.82, 2.24) is 0 Å². The Morgan fingerprint density at radius 1 is 0.469 bits per heavy atom. The fourth-order valence-corrected chi connectivity index (χ4v) is 12.5. The van der Waals surface area contributed by atoms with E-state index in [1.54, 1.807) is 0 Å². The zero-order valence-corrected chi connectivity index (χ0v) is 38.2. The highest BCUT2D eigenvalue weighted by atomic mass is 15.2. The second kappa shape index (κ2) is 13.7. The molecule has 4 aliphatic rings. The third-order valence-electron chi connectivity index (χ3n) is 15.8. The lowest BCUT2D eigenvalue weighted by atomic mass is 9.54. The van der Waals surface area contributed by atoms with Gasteiger partial charge >= 0.3 is 0 Å². The summed E-state index contributed by atoms with van der Waals surface area (Å²) in [5.74, 6) is 0. The lowest BCUT2D eigenvalue weighted by molar-refractivity contribution is 0.332. The zero-order valence-electron chi connectivity index (χ0n) is 38.2. The molecule has 3 heteroatoms. The van der Waals surface area contributed by atoms with Crippen LogP contribution in [0.4, 0.5) is 28.4 Å². The van der Waals surface area contributed by atoms with E-state index in [1.165, 1.54) is 113 Å². The van der Waals surface area contributed by atoms with Gasteiger partial charge in [0.1, 0.15) is 0 Å². The molecule has 0 atom stereocenters. The highest BCUT2D eigenvalue weighted by molar-refractivity contribution is 6.73. The van der Waals surface area contributed by atoms with Gasteiger partial charge in [-0.15, -0.1) is 0 Å². The van der Waals surface area contributed by atoms with Crippen LogP contribution in [0.25, 0.3) is 22.3 Å². The first-order valence-corrected chi connectivity index (χ1v) is 23.4. The predicted molar refractivity (Wildman–Crippen MR) is 272 cm³/mol. The number of fused-ring (bicyclic) bond motifs is 8. The van der Waals surface area contributed by atoms with E-state index in [0.29, 0.717) is 0 Å². The molecule has 0 saturated heterocycles. The molecule has 8 aromatic carbocycles. The lowest BCUT2D eigenvalue weighted by Crippen LogP contribution is -2.47. The second-order valence-corrected chi connectivity index (χ2v) is 20.9. The molecule has 2 nitrogen and oxygen atoms in total. The summed E-state index contributed by atoms with van der Waals surface area (Å²) >= 11 is 0. The Morgan fingerprint density at radius 3 is 1.84 bits per heavy atom. The maximum Gasteiger partial charge on any atom is 0.198 e. The van der Waals surface area contributed by atoms with Crippen molar-refractivity contribution >= 4 is 46.6 Å². The number of para-hydroxylation sites is 2. The minimum Gasteiger partial charge on any atom is -0.355 e. The number of benzene rings is 8. The molecule has 12 rings (SSSR count). The van der Waals surface area contributed by atoms with E-state index in [1.807, 2.05) is 0 Å². The molecule has 2 aliphatic heterocycles. The first kappa shape index (κ1) is 39.0. The summed E-state index contributed by atoms with van der Waals surface area (Å²) in [4.78, 5) is 2.62. The van der Waals surface area contributed by atoms with E-state index in [0.717, 1.165) is 18.7 Å². The minimum atomic E-state index is -0.499. The topological polar surface area (TPSA) is 15.3 Å². The van der Waals surface area contributed by atoms with Crippen LogP contribution in [-0.2, 0) is 21.7 Å². The molecule has 1 N–H and O–H groups in total. The maximum absolute atomic E-state index is 4.12. The average molecular weight is 827 g/mol. The Bertz CT molecular complexity index is 3170. The summed E-state index contributed by atoms with van der Waals surface area (Å²) in [5.41, 5.74) is 25.8. The molecule has 0 amide bonds. The van der Waals surface area contributed by atoms with E-state index in [-0.39, 0.29) is 16.2 Å². The Labute approximate surface area is 380 Å². The second-order valence-electron chi connectivity index (χ2n) is 20.9. The molecule has 0 unspecified atom stereocenters. The SMILES string of the molecule is Cc1cc(-c2cc3c(cc2Nc2ccc4c(c2)C(C)(C)CCC4(C)C)C(C)(C)c2ccccc2-3)c2c(c1)N1c3ccccc3C(c3ccccc3)(c3ccccc3)c3cccc(c31)B2. The van der Waals surface area contributed by atoms with Crippen molar-refractivity contribution in [3.63, 3.8) is 0 Å². The van der Waals surface area contributed by atoms with Crippen LogP contribution in [0, 0.1) is 6.92 Å². The Kier molecular flexibility index (Phi) is 8.37. The van der Waals surface area contributed by atoms with Gasteiger partial charge in [0.25, 0.3) is 0 Å². The highest BCUT2D eigenvalue weighted by Gasteiger charge is 2.49. The Hall–Kier alpha value is -6.58. The van der Waals surface area contributed by atoms with Crippen molar-refractivity contribution in [3.8, 4) is 22.3 Å². The van der Waals surface area contributed by atoms with E-state index in [2.05, 4.69) is 229 Å². The van der Waals surface area contributed by atoms with Gasteiger partial charge in [-0.3, -0.25) is 0 Å². The molecule has 8 aromatic rings. The van der Waals surface area contributed by atoms with Crippen LogP contribution in [0.15, 0.2) is 170 Å². The molecule has 0 fully saturated rings. The van der Waals surface area contributed by atoms with E-state index >= 15 is 0 Å². The number of nitrogens with zero attached hydrogens (tertiary/aromatic N) is 1. The minimum absolute atomic E-state index is 0.109. The lowest BCUT2D eigenvalue weighted by Gasteiger charge is -2.49. The fourth-order valence-electron chi connectivity index (χ4n) is 12.5. The number of anilines is 5. The summed E-state index contributed by atoms with van der Waals surface area (Å²) in [6.07, 6.45) is 2.39. The van der Waals surface area contributed by atoms with Gasteiger partial charge in [0.15, 0.2) is 7.28 Å². The third kappa shape index (κ3) is 5.46. The molecule has 64 heavy (non-hydrogen) atoms. The molecule has 0 bridgehead atoms. The van der Waals surface area contributed by atoms with E-state index < -0.39 is 5.41 Å². The summed E-state index contributed by atoms with van der Waals surface area (Å²) in [6, 6.07) is 64.8. The van der Waals surface area contributed by atoms with Crippen molar-refractivity contribution < 1.29 is 0 Å². The quantitative estimate of drug-likeness (QED) is 0.174. The van der Waals surface area contributed by atoms with Crippen molar-refractivity contribution in [2.45, 2.75) is 83.0 Å². The molecule has 2 aliphatic carbocycles. The predicted octanol–water partition coefficient (Wildman–Crippen LogP) is 13.9. The molecule has 0 spiro atoms. The van der Waals surface area contributed by atoms with E-state index in [9.17, 15) is 0 Å². The first-order valence-electron chi connectivity index (χ1n) is 23.4. The molecular weight excluding hydrogens is 771 g/mol. The van der Waals surface area contributed by atoms with Gasteiger partial charge in [-0.1, -0.05) is 180 Å². The van der Waals surface area contributed by atoms with Crippen molar-refractivity contribution in [1.29, 1.82) is 0 Å². The van der Waals surface area contributed by atoms with Crippen LogP contribution in [0.1, 0.15) is 104 Å². The standard InChI is InChI=1S/C61H55BN2/c1-38-33-45(44-36-43-42-23-14-15-24-46(42)60(6,7)50(43)37-53(44)63-41-29-30-47-51(35-41)59(4,5)32-31-58(47,2)3)56-55(34-38)64-54-28-17-16-25-48(54)61(39-19-10-8-11-20-39,40-21-12-9-13-22-40)49-26-18-27-52(62-56)57(49)64/h8-30,33-37,62-63H,31-32H2,1-7H3. The van der Waals surface area contributed by atoms with Crippen molar-refractivity contribution in [3.05, 3.63) is 220 Å². The summed E-state index contributed by atoms with van der Waals surface area (Å²) < 4.78 is 0. The normalized spacial score (nSPS) is 17.1. The monoisotopic (exact) mass is 826 g/mol. The van der Waals surface area contributed by atoms with Crippen LogP contribution < -0.4 is 21.1 Å². The molecular formula is C61H55BN2. The van der Waals surface area contributed by atoms with Gasteiger partial charge in [0.2, 0.25) is 0 Å². The summed E-state index contributed by atoms with van der Waals surface area (Å²) in [7, 11) is 0.827. The van der Waals surface area contributed by atoms with Gasteiger partial charge in [0.05, 0.1) is 11.1 Å². The number of aryl methyl sites for hydroxylation is 1. The summed E-state index contributed by atoms with van der Waals surface area (Å²) in [5, 5.41) is 4.12. The third-order valence-corrected chi connectivity index (χ3v) is 15.8. The molecule has 0 aromatic heterocycles. The fraction of sp³-hybridized carbons (Fsp3) is 0.213. The van der Waals surface area contributed by atoms with E-state index in [4.69, 9.17) is 0 Å². The molecule has 0 radical (unpaired) electrons. The molecule has 0 saturated carbocycles. The Morgan fingerprint density at radius 2 is 1.11 bits per heavy atom. The van der Waals surface area contributed by atoms with Crippen LogP contribution in [0.2, 0.25) is 0 Å². The number of hydrogen-bond acceptors (Lipinski definition) is 2. The average Bonchev–Trinajstić information content (AvgIpc) is 3.53. The number of hydrogen-bond donors (Lipinski definition) is 1.